The highest BCUT2D eigenvalue weighted by Gasteiger charge is 2.41. The van der Waals surface area contributed by atoms with Crippen LogP contribution in [-0.4, -0.2) is 39.8 Å². The number of benzene rings is 1. The van der Waals surface area contributed by atoms with Crippen molar-refractivity contribution in [3.05, 3.63) is 24.3 Å². The molecule has 3 aliphatic rings. The summed E-state index contributed by atoms with van der Waals surface area (Å²) in [5.74, 6) is 1.10. The third kappa shape index (κ3) is 3.76. The fourth-order valence-corrected chi connectivity index (χ4v) is 8.37. The molecule has 156 valence electrons. The Morgan fingerprint density at radius 1 is 0.964 bits per heavy atom. The molecule has 1 heterocycles. The van der Waals surface area contributed by atoms with E-state index in [-0.39, 0.29) is 21.9 Å². The second kappa shape index (κ2) is 7.70. The van der Waals surface area contributed by atoms with Crippen LogP contribution in [0.25, 0.3) is 0 Å². The minimum absolute atomic E-state index is 0.0193. The molecule has 4 atom stereocenters. The third-order valence-electron chi connectivity index (χ3n) is 6.83. The van der Waals surface area contributed by atoms with Crippen LogP contribution in [0.4, 0.5) is 0 Å². The van der Waals surface area contributed by atoms with Crippen LogP contribution < -0.4 is 4.72 Å². The zero-order valence-electron chi connectivity index (χ0n) is 16.4. The van der Waals surface area contributed by atoms with Gasteiger partial charge in [-0.3, -0.25) is 0 Å². The van der Waals surface area contributed by atoms with Gasteiger partial charge in [0.05, 0.1) is 9.79 Å². The Bertz CT molecular complexity index is 912. The predicted octanol–water partition coefficient (Wildman–Crippen LogP) is 3.11. The normalized spacial score (nSPS) is 31.3. The second-order valence-electron chi connectivity index (χ2n) is 8.55. The lowest BCUT2D eigenvalue weighted by Crippen LogP contribution is -2.43. The zero-order chi connectivity index (χ0) is 19.9. The average Bonchev–Trinajstić information content (AvgIpc) is 3.30. The quantitative estimate of drug-likeness (QED) is 0.758. The number of nitrogens with one attached hydrogen (secondary N) is 1. The lowest BCUT2D eigenvalue weighted by atomic mass is 9.96. The van der Waals surface area contributed by atoms with Crippen molar-refractivity contribution in [2.24, 2.45) is 11.8 Å². The van der Waals surface area contributed by atoms with Crippen molar-refractivity contribution in [3.63, 3.8) is 0 Å². The smallest absolute Gasteiger partial charge is 0.208 e. The van der Waals surface area contributed by atoms with Crippen LogP contribution in [0.1, 0.15) is 58.3 Å². The average molecular weight is 427 g/mol. The van der Waals surface area contributed by atoms with Gasteiger partial charge in [-0.05, 0) is 74.6 Å². The third-order valence-corrected chi connectivity index (χ3v) is 10.3. The Morgan fingerprint density at radius 2 is 1.68 bits per heavy atom. The largest absolute Gasteiger partial charge is 0.243 e. The molecule has 1 aromatic carbocycles. The molecule has 0 spiro atoms. The summed E-state index contributed by atoms with van der Waals surface area (Å²) in [6, 6.07) is 5.77. The summed E-state index contributed by atoms with van der Waals surface area (Å²) in [6.07, 6.45) is 7.96. The van der Waals surface area contributed by atoms with Crippen LogP contribution >= 0.6 is 0 Å². The molecule has 0 aromatic heterocycles. The van der Waals surface area contributed by atoms with Crippen molar-refractivity contribution in [1.29, 1.82) is 0 Å². The molecule has 1 saturated heterocycles. The first-order valence-electron chi connectivity index (χ1n) is 10.5. The summed E-state index contributed by atoms with van der Waals surface area (Å²) in [7, 11) is -7.22. The summed E-state index contributed by atoms with van der Waals surface area (Å²) in [5, 5.41) is 0. The van der Waals surface area contributed by atoms with Gasteiger partial charge in [0.2, 0.25) is 20.0 Å². The molecule has 8 heteroatoms. The number of fused-ring (bicyclic) bond motifs is 2. The molecule has 1 N–H and O–H groups in total. The van der Waals surface area contributed by atoms with Crippen molar-refractivity contribution >= 4 is 20.0 Å². The van der Waals surface area contributed by atoms with Gasteiger partial charge < -0.3 is 0 Å². The molecule has 2 saturated carbocycles. The zero-order valence-corrected chi connectivity index (χ0v) is 18.0. The maximum Gasteiger partial charge on any atom is 0.243 e. The molecule has 1 aromatic rings. The Hall–Kier alpha value is -0.960. The first kappa shape index (κ1) is 20.3. The number of piperidine rings is 1. The van der Waals surface area contributed by atoms with Gasteiger partial charge in [-0.1, -0.05) is 19.8 Å². The van der Waals surface area contributed by atoms with Crippen LogP contribution in [0.5, 0.6) is 0 Å². The van der Waals surface area contributed by atoms with E-state index in [9.17, 15) is 16.8 Å². The summed E-state index contributed by atoms with van der Waals surface area (Å²) in [5.41, 5.74) is 0. The standard InChI is InChI=1S/C20H30N2O4S2/c1-2-17-5-3-4-12-22(17)28(25,26)19-10-8-18(9-11-19)27(23,24)21-20-14-15-6-7-16(20)13-15/h8-11,15-17,20-21H,2-7,12-14H2,1H3/t15-,16+,17-,20-/m1/s1. The Labute approximate surface area is 168 Å². The summed E-state index contributed by atoms with van der Waals surface area (Å²) < 4.78 is 56.0. The molecule has 2 bridgehead atoms. The van der Waals surface area contributed by atoms with E-state index in [1.165, 1.54) is 30.7 Å². The van der Waals surface area contributed by atoms with Gasteiger partial charge in [0.15, 0.2) is 0 Å². The molecule has 4 rings (SSSR count). The first-order valence-corrected chi connectivity index (χ1v) is 13.4. The maximum absolute atomic E-state index is 13.0. The number of nitrogens with zero attached hydrogens (tertiary/aromatic N) is 1. The van der Waals surface area contributed by atoms with Gasteiger partial charge >= 0.3 is 0 Å². The Balaban J connectivity index is 1.51. The van der Waals surface area contributed by atoms with Gasteiger partial charge in [0.1, 0.15) is 0 Å². The van der Waals surface area contributed by atoms with Crippen LogP contribution in [0.2, 0.25) is 0 Å². The SMILES string of the molecule is CC[C@@H]1CCCCN1S(=O)(=O)c1ccc(S(=O)(=O)N[C@@H]2C[C@@H]3CC[C@H]2C3)cc1. The van der Waals surface area contributed by atoms with E-state index in [1.54, 1.807) is 4.31 Å². The van der Waals surface area contributed by atoms with E-state index in [0.29, 0.717) is 18.4 Å². The van der Waals surface area contributed by atoms with Crippen LogP contribution in [0, 0.1) is 11.8 Å². The number of hydrogen-bond acceptors (Lipinski definition) is 4. The molecule has 3 fully saturated rings. The van der Waals surface area contributed by atoms with Gasteiger partial charge in [0.25, 0.3) is 0 Å². The Kier molecular flexibility index (Phi) is 5.59. The maximum atomic E-state index is 13.0. The summed E-state index contributed by atoms with van der Waals surface area (Å²) >= 11 is 0. The molecule has 0 radical (unpaired) electrons. The molecule has 0 amide bonds. The Morgan fingerprint density at radius 3 is 2.29 bits per heavy atom. The van der Waals surface area contributed by atoms with Gasteiger partial charge in [-0.15, -0.1) is 0 Å². The molecule has 0 unspecified atom stereocenters. The topological polar surface area (TPSA) is 83.6 Å². The summed E-state index contributed by atoms with van der Waals surface area (Å²) in [4.78, 5) is 0.312. The highest BCUT2D eigenvalue weighted by molar-refractivity contribution is 7.89. The van der Waals surface area contributed by atoms with Crippen molar-refractivity contribution < 1.29 is 16.8 Å². The monoisotopic (exact) mass is 426 g/mol. The van der Waals surface area contributed by atoms with E-state index in [4.69, 9.17) is 0 Å². The van der Waals surface area contributed by atoms with Crippen LogP contribution in [0.3, 0.4) is 0 Å². The van der Waals surface area contributed by atoms with E-state index >= 15 is 0 Å². The van der Waals surface area contributed by atoms with E-state index in [0.717, 1.165) is 44.9 Å². The van der Waals surface area contributed by atoms with E-state index in [1.807, 2.05) is 6.92 Å². The lowest BCUT2D eigenvalue weighted by Gasteiger charge is -2.34. The van der Waals surface area contributed by atoms with Gasteiger partial charge in [0, 0.05) is 18.6 Å². The molecular formula is C20H30N2O4S2. The van der Waals surface area contributed by atoms with Gasteiger partial charge in [-0.2, -0.15) is 4.31 Å². The van der Waals surface area contributed by atoms with Crippen molar-refractivity contribution in [2.45, 2.75) is 80.2 Å². The highest BCUT2D eigenvalue weighted by atomic mass is 32.2. The highest BCUT2D eigenvalue weighted by Crippen LogP contribution is 2.44. The number of sulfonamides is 2. The minimum atomic E-state index is -3.63. The van der Waals surface area contributed by atoms with Crippen molar-refractivity contribution in [1.82, 2.24) is 9.03 Å². The van der Waals surface area contributed by atoms with Crippen molar-refractivity contribution in [2.75, 3.05) is 6.54 Å². The van der Waals surface area contributed by atoms with Crippen LogP contribution in [-0.2, 0) is 20.0 Å². The predicted molar refractivity (Wildman–Crippen MR) is 108 cm³/mol. The van der Waals surface area contributed by atoms with Crippen LogP contribution in [0.15, 0.2) is 34.1 Å². The second-order valence-corrected chi connectivity index (χ2v) is 12.2. The van der Waals surface area contributed by atoms with E-state index < -0.39 is 20.0 Å². The molecule has 28 heavy (non-hydrogen) atoms. The number of rotatable bonds is 6. The minimum Gasteiger partial charge on any atom is -0.208 e. The molecule has 1 aliphatic heterocycles. The fourth-order valence-electron chi connectivity index (χ4n) is 5.28. The molecule has 6 nitrogen and oxygen atoms in total. The lowest BCUT2D eigenvalue weighted by molar-refractivity contribution is 0.246. The fraction of sp³-hybridized carbons (Fsp3) is 0.700. The van der Waals surface area contributed by atoms with Crippen molar-refractivity contribution in [3.8, 4) is 0 Å². The molecule has 2 aliphatic carbocycles. The first-order chi connectivity index (χ1) is 13.3. The summed E-state index contributed by atoms with van der Waals surface area (Å²) in [6.45, 7) is 2.54. The number of hydrogen-bond donors (Lipinski definition) is 1. The van der Waals surface area contributed by atoms with E-state index in [2.05, 4.69) is 4.72 Å². The molecular weight excluding hydrogens is 396 g/mol. The van der Waals surface area contributed by atoms with Gasteiger partial charge in [-0.25, -0.2) is 21.6 Å².